The number of anilines is 3. The number of rotatable bonds is 7. The molecule has 166 valence electrons. The summed E-state index contributed by atoms with van der Waals surface area (Å²) in [7, 11) is 3.25. The van der Waals surface area contributed by atoms with E-state index in [1.165, 1.54) is 4.90 Å². The Kier molecular flexibility index (Phi) is 5.80. The van der Waals surface area contributed by atoms with Gasteiger partial charge in [-0.05, 0) is 36.2 Å². The number of carbonyl (C=O) groups excluding carboxylic acids is 1. The van der Waals surface area contributed by atoms with Crippen LogP contribution in [-0.2, 0) is 0 Å². The Morgan fingerprint density at radius 2 is 1.81 bits per heavy atom. The van der Waals surface area contributed by atoms with Crippen LogP contribution in [0.15, 0.2) is 46.0 Å². The van der Waals surface area contributed by atoms with Crippen LogP contribution < -0.4 is 31.0 Å². The van der Waals surface area contributed by atoms with Crippen LogP contribution >= 0.6 is 11.6 Å². The van der Waals surface area contributed by atoms with Gasteiger partial charge in [0, 0.05) is 14.1 Å². The Balaban J connectivity index is 1.61. The number of amides is 1. The van der Waals surface area contributed by atoms with Gasteiger partial charge in [0.25, 0.3) is 16.8 Å². The molecule has 0 spiro atoms. The van der Waals surface area contributed by atoms with Crippen molar-refractivity contribution in [2.24, 2.45) is 0 Å². The lowest BCUT2D eigenvalue weighted by molar-refractivity contribution is 0.0828. The van der Waals surface area contributed by atoms with E-state index < -0.39 is 10.9 Å². The molecule has 0 bridgehead atoms. The fraction of sp³-hybridized carbons (Fsp3) is 0.261. The highest BCUT2D eigenvalue weighted by molar-refractivity contribution is 6.36. The maximum Gasteiger partial charge on any atom is 0.254 e. The van der Waals surface area contributed by atoms with E-state index in [9.17, 15) is 14.4 Å². The summed E-state index contributed by atoms with van der Waals surface area (Å²) < 4.78 is 10.8. The number of fused-ring (bicyclic) bond motifs is 1. The minimum absolute atomic E-state index is 0.116. The van der Waals surface area contributed by atoms with Crippen molar-refractivity contribution in [1.82, 2.24) is 4.90 Å². The minimum atomic E-state index is -0.645. The normalized spacial score (nSPS) is 13.1. The van der Waals surface area contributed by atoms with E-state index in [4.69, 9.17) is 21.1 Å². The van der Waals surface area contributed by atoms with Crippen LogP contribution in [0.4, 0.5) is 17.1 Å². The lowest BCUT2D eigenvalue weighted by atomic mass is 10.0. The number of halogens is 1. The lowest BCUT2D eigenvalue weighted by Gasteiger charge is -2.23. The average Bonchev–Trinajstić information content (AvgIpc) is 3.26. The van der Waals surface area contributed by atoms with Crippen molar-refractivity contribution < 1.29 is 14.3 Å². The molecule has 1 heterocycles. The quantitative estimate of drug-likeness (QED) is 0.524. The van der Waals surface area contributed by atoms with E-state index in [0.29, 0.717) is 29.2 Å². The van der Waals surface area contributed by atoms with Crippen molar-refractivity contribution in [2.45, 2.75) is 19.4 Å². The van der Waals surface area contributed by atoms with Gasteiger partial charge in [0.05, 0.1) is 22.3 Å². The molecule has 0 aromatic heterocycles. The van der Waals surface area contributed by atoms with Crippen molar-refractivity contribution in [1.29, 1.82) is 0 Å². The molecular formula is C23H22ClN3O5. The molecule has 1 atom stereocenters. The van der Waals surface area contributed by atoms with Crippen molar-refractivity contribution in [3.63, 3.8) is 0 Å². The second kappa shape index (κ2) is 8.55. The third kappa shape index (κ3) is 3.78. The van der Waals surface area contributed by atoms with Crippen LogP contribution in [0.1, 0.15) is 35.3 Å². The first-order valence-electron chi connectivity index (χ1n) is 10.1. The molecule has 1 aliphatic rings. The van der Waals surface area contributed by atoms with E-state index in [-0.39, 0.29) is 35.1 Å². The van der Waals surface area contributed by atoms with Gasteiger partial charge in [-0.25, -0.2) is 0 Å². The second-order valence-corrected chi connectivity index (χ2v) is 8.00. The molecule has 32 heavy (non-hydrogen) atoms. The Bertz CT molecular complexity index is 1260. The van der Waals surface area contributed by atoms with Gasteiger partial charge in [0.2, 0.25) is 6.79 Å². The van der Waals surface area contributed by atoms with Crippen LogP contribution in [0.2, 0.25) is 5.02 Å². The van der Waals surface area contributed by atoms with Crippen LogP contribution in [-0.4, -0.2) is 31.7 Å². The molecule has 0 saturated carbocycles. The number of ether oxygens (including phenoxy) is 2. The summed E-state index contributed by atoms with van der Waals surface area (Å²) in [6.45, 7) is 2.14. The van der Waals surface area contributed by atoms with Crippen LogP contribution in [0.3, 0.4) is 0 Å². The summed E-state index contributed by atoms with van der Waals surface area (Å²) in [5.41, 5.74) is 0.599. The Labute approximate surface area is 189 Å². The maximum absolute atomic E-state index is 12.3. The van der Waals surface area contributed by atoms with E-state index in [1.54, 1.807) is 32.3 Å². The molecule has 0 saturated heterocycles. The van der Waals surface area contributed by atoms with Crippen LogP contribution in [0, 0.1) is 0 Å². The number of carbonyl (C=O) groups is 1. The summed E-state index contributed by atoms with van der Waals surface area (Å²) in [4.78, 5) is 38.4. The molecular weight excluding hydrogens is 434 g/mol. The predicted molar refractivity (Wildman–Crippen MR) is 123 cm³/mol. The van der Waals surface area contributed by atoms with Gasteiger partial charge in [-0.2, -0.15) is 0 Å². The number of benzene rings is 2. The van der Waals surface area contributed by atoms with E-state index in [2.05, 4.69) is 10.6 Å². The smallest absolute Gasteiger partial charge is 0.254 e. The Morgan fingerprint density at radius 3 is 2.53 bits per heavy atom. The SMILES string of the molecule is CCC(Nc1c(Nc2cccc(C(=O)N(C)C)c2Cl)c(=O)c1=O)c1ccc2c(c1)OCO2. The summed E-state index contributed by atoms with van der Waals surface area (Å²) in [6, 6.07) is 10.2. The predicted octanol–water partition coefficient (Wildman–Crippen LogP) is 3.67. The van der Waals surface area contributed by atoms with Crippen molar-refractivity contribution in [2.75, 3.05) is 31.5 Å². The Hall–Kier alpha value is -3.52. The second-order valence-electron chi connectivity index (χ2n) is 7.62. The van der Waals surface area contributed by atoms with E-state index in [0.717, 1.165) is 5.56 Å². The highest BCUT2D eigenvalue weighted by Crippen LogP contribution is 2.36. The summed E-state index contributed by atoms with van der Waals surface area (Å²) in [5.74, 6) is 1.04. The largest absolute Gasteiger partial charge is 0.454 e. The summed E-state index contributed by atoms with van der Waals surface area (Å²) in [5, 5.41) is 6.28. The molecule has 3 aromatic rings. The number of hydrogen-bond acceptors (Lipinski definition) is 7. The number of nitrogens with zero attached hydrogens (tertiary/aromatic N) is 1. The van der Waals surface area contributed by atoms with Gasteiger partial charge in [0.15, 0.2) is 11.5 Å². The highest BCUT2D eigenvalue weighted by atomic mass is 35.5. The first-order valence-corrected chi connectivity index (χ1v) is 10.5. The fourth-order valence-electron chi connectivity index (χ4n) is 3.54. The van der Waals surface area contributed by atoms with Crippen molar-refractivity contribution in [3.05, 3.63) is 73.0 Å². The van der Waals surface area contributed by atoms with E-state index >= 15 is 0 Å². The van der Waals surface area contributed by atoms with Crippen LogP contribution in [0.5, 0.6) is 11.5 Å². The molecule has 1 amide bonds. The zero-order valence-electron chi connectivity index (χ0n) is 17.8. The fourth-order valence-corrected chi connectivity index (χ4v) is 3.80. The van der Waals surface area contributed by atoms with Crippen LogP contribution in [0.25, 0.3) is 0 Å². The van der Waals surface area contributed by atoms with Gasteiger partial charge in [-0.1, -0.05) is 30.7 Å². The topological polar surface area (TPSA) is 97.0 Å². The number of nitrogens with one attached hydrogen (secondary N) is 2. The molecule has 3 aromatic carbocycles. The molecule has 1 aliphatic heterocycles. The monoisotopic (exact) mass is 455 g/mol. The summed E-state index contributed by atoms with van der Waals surface area (Å²) in [6.07, 6.45) is 0.658. The van der Waals surface area contributed by atoms with Gasteiger partial charge in [-0.3, -0.25) is 14.4 Å². The lowest BCUT2D eigenvalue weighted by Crippen LogP contribution is -2.37. The highest BCUT2D eigenvalue weighted by Gasteiger charge is 2.26. The molecule has 8 nitrogen and oxygen atoms in total. The molecule has 9 heteroatoms. The molecule has 0 radical (unpaired) electrons. The molecule has 2 N–H and O–H groups in total. The summed E-state index contributed by atoms with van der Waals surface area (Å²) >= 11 is 6.41. The zero-order valence-corrected chi connectivity index (χ0v) is 18.6. The van der Waals surface area contributed by atoms with Gasteiger partial charge >= 0.3 is 0 Å². The van der Waals surface area contributed by atoms with Gasteiger partial charge in [0.1, 0.15) is 11.4 Å². The molecule has 1 unspecified atom stereocenters. The van der Waals surface area contributed by atoms with E-state index in [1.807, 2.05) is 25.1 Å². The average molecular weight is 456 g/mol. The standard InChI is InChI=1S/C23H22ClN3O5/c1-4-14(12-8-9-16-17(10-12)32-11-31-16)25-19-20(22(29)21(19)28)26-15-7-5-6-13(18(15)24)23(30)27(2)3/h5-10,14,25-26H,4,11H2,1-3H3. The zero-order chi connectivity index (χ0) is 23.0. The molecule has 4 rings (SSSR count). The Morgan fingerprint density at radius 1 is 1.09 bits per heavy atom. The first kappa shape index (κ1) is 21.7. The minimum Gasteiger partial charge on any atom is -0.454 e. The van der Waals surface area contributed by atoms with Crippen molar-refractivity contribution in [3.8, 4) is 11.5 Å². The third-order valence-corrected chi connectivity index (χ3v) is 5.74. The van der Waals surface area contributed by atoms with Crippen molar-refractivity contribution >= 4 is 34.6 Å². The number of hydrogen-bond donors (Lipinski definition) is 2. The third-order valence-electron chi connectivity index (χ3n) is 5.33. The van der Waals surface area contributed by atoms with Gasteiger partial charge < -0.3 is 25.0 Å². The molecule has 0 fully saturated rings. The maximum atomic E-state index is 12.3. The van der Waals surface area contributed by atoms with Gasteiger partial charge in [-0.15, -0.1) is 0 Å². The first-order chi connectivity index (χ1) is 15.3. The molecule has 0 aliphatic carbocycles.